The van der Waals surface area contributed by atoms with Crippen LogP contribution in [0.3, 0.4) is 0 Å². The maximum Gasteiger partial charge on any atom is 0.490 e. The number of alkyl halides is 6. The number of benzene rings is 1. The average Bonchev–Trinajstić information content (AvgIpc) is 3.93. The molecule has 1 aliphatic rings. The van der Waals surface area contributed by atoms with Crippen LogP contribution < -0.4 is 20.7 Å². The molecule has 15 N–H and O–H groups in total. The summed E-state index contributed by atoms with van der Waals surface area (Å²) in [5.41, 5.74) is 8.74. The molecule has 3 aromatic heterocycles. The van der Waals surface area contributed by atoms with Gasteiger partial charge in [-0.25, -0.2) is 23.9 Å². The van der Waals surface area contributed by atoms with Crippen molar-refractivity contribution in [1.29, 1.82) is 0 Å². The van der Waals surface area contributed by atoms with Crippen LogP contribution in [0.15, 0.2) is 24.4 Å². The second-order valence-electron chi connectivity index (χ2n) is 16.0. The number of nitrogen functional groups attached to an aromatic ring is 1. The Balaban J connectivity index is 0.000000853. The second-order valence-corrected chi connectivity index (χ2v) is 16.0. The van der Waals surface area contributed by atoms with Crippen LogP contribution >= 0.6 is 0 Å². The van der Waals surface area contributed by atoms with Gasteiger partial charge < -0.3 is 82.0 Å². The summed E-state index contributed by atoms with van der Waals surface area (Å²) >= 11 is 0. The molecule has 1 aliphatic heterocycles. The predicted molar refractivity (Wildman–Crippen MR) is 228 cm³/mol. The van der Waals surface area contributed by atoms with Gasteiger partial charge in [-0.2, -0.15) is 31.4 Å². The number of aryl methyl sites for hydroxylation is 2. The summed E-state index contributed by atoms with van der Waals surface area (Å²) in [7, 11) is 0. The highest BCUT2D eigenvalue weighted by atomic mass is 19.4. The first-order valence-electron chi connectivity index (χ1n) is 21.6. The van der Waals surface area contributed by atoms with Crippen molar-refractivity contribution >= 4 is 51.8 Å². The van der Waals surface area contributed by atoms with Gasteiger partial charge in [-0.3, -0.25) is 19.6 Å². The Morgan fingerprint density at radius 2 is 1.36 bits per heavy atom. The Morgan fingerprint density at radius 1 is 0.861 bits per heavy atom. The van der Waals surface area contributed by atoms with Gasteiger partial charge in [-0.05, 0) is 38.8 Å². The number of nitrogens with zero attached hydrogens (tertiary/aromatic N) is 7. The minimum absolute atomic E-state index is 0.0354. The summed E-state index contributed by atoms with van der Waals surface area (Å²) in [6, 6.07) is 4.90. The third-order valence-electron chi connectivity index (χ3n) is 11.2. The molecule has 0 saturated carbocycles. The lowest BCUT2D eigenvalue weighted by atomic mass is 9.97. The van der Waals surface area contributed by atoms with Gasteiger partial charge in [0.2, 0.25) is 0 Å². The Labute approximate surface area is 402 Å². The number of aliphatic hydroxyl groups excluding tert-OH is 10. The number of aromatic nitrogens is 6. The molecule has 1 saturated heterocycles. The number of piperidine rings is 1. The van der Waals surface area contributed by atoms with Crippen molar-refractivity contribution < 1.29 is 111 Å². The number of aliphatic hydroxyl groups is 10. The number of fused-ring (bicyclic) bond motifs is 2. The monoisotopic (exact) mass is 1050 g/mol. The standard InChI is InChI=1S/C36H54N10O12.2C2HF3O2/c1-3-45-21-6-5-18(11-22(21)46(4-2)27(45)13-38-35(57)28-33(37)41-34-20(40-28)12-39-42-34)36(58)43-9-7-19(8-10-43)44(14-23(49)29(53)31(55)25(51)16-47)15-24(50)30(54)32(56)26(52)17-48;2*3-2(4,5)1(6)7/h5-6,11-12,19,23-26,29-32,47-56H,3-4,7-10,13-17H2,1-2H3,(H3-,37,38,39,40,41,42,57);2*(H,6,7). The lowest BCUT2D eigenvalue weighted by molar-refractivity contribution is -0.676. The van der Waals surface area contributed by atoms with E-state index in [2.05, 4.69) is 25.5 Å². The van der Waals surface area contributed by atoms with Crippen LogP contribution in [0, 0.1) is 0 Å². The number of imidazole rings is 1. The Hall–Kier alpha value is -5.94. The first kappa shape index (κ1) is 60.4. The number of rotatable bonds is 19. The van der Waals surface area contributed by atoms with Gasteiger partial charge in [0.25, 0.3) is 17.6 Å². The van der Waals surface area contributed by atoms with Crippen LogP contribution in [-0.4, -0.2) is 221 Å². The van der Waals surface area contributed by atoms with Gasteiger partial charge in [-0.15, -0.1) is 0 Å². The molecule has 5 rings (SSSR count). The van der Waals surface area contributed by atoms with E-state index in [1.54, 1.807) is 17.0 Å². The number of carboxylic acids is 2. The number of halogens is 6. The number of likely N-dealkylation sites (tertiary alicyclic amines) is 1. The molecule has 0 bridgehead atoms. The van der Waals surface area contributed by atoms with Crippen LogP contribution in [0.1, 0.15) is 53.4 Å². The van der Waals surface area contributed by atoms with E-state index in [4.69, 9.17) is 25.5 Å². The molecule has 404 valence electrons. The highest BCUT2D eigenvalue weighted by Crippen LogP contribution is 2.24. The summed E-state index contributed by atoms with van der Waals surface area (Å²) in [5.74, 6) is -5.82. The molecule has 1 fully saturated rings. The van der Waals surface area contributed by atoms with Gasteiger partial charge in [-0.1, -0.05) is 0 Å². The summed E-state index contributed by atoms with van der Waals surface area (Å²) < 4.78 is 67.3. The number of anilines is 1. The molecule has 0 spiro atoms. The van der Waals surface area contributed by atoms with Gasteiger partial charge in [0.15, 0.2) is 28.2 Å². The molecule has 4 aromatic rings. The topological polar surface area (TPSA) is 422 Å². The van der Waals surface area contributed by atoms with E-state index in [9.17, 15) is 87.0 Å². The van der Waals surface area contributed by atoms with Gasteiger partial charge >= 0.3 is 18.3 Å². The van der Waals surface area contributed by atoms with Crippen molar-refractivity contribution in [2.24, 2.45) is 0 Å². The lowest BCUT2D eigenvalue weighted by Gasteiger charge is -2.41. The second kappa shape index (κ2) is 26.1. The van der Waals surface area contributed by atoms with E-state index < -0.39 is 111 Å². The number of aliphatic carboxylic acids is 2. The fraction of sp³-hybridized carbons (Fsp3) is 0.600. The zero-order valence-electron chi connectivity index (χ0n) is 38.2. The Bertz CT molecular complexity index is 2380. The summed E-state index contributed by atoms with van der Waals surface area (Å²) in [6.45, 7) is 2.99. The third kappa shape index (κ3) is 15.5. The van der Waals surface area contributed by atoms with Crippen LogP contribution in [0.25, 0.3) is 22.2 Å². The average molecular weight is 1050 g/mol. The molecule has 0 radical (unpaired) electrons. The largest absolute Gasteiger partial charge is 0.542 e. The van der Waals surface area contributed by atoms with E-state index in [1.165, 1.54) is 11.1 Å². The fourth-order valence-corrected chi connectivity index (χ4v) is 7.43. The minimum atomic E-state index is -5.19. The van der Waals surface area contributed by atoms with Crippen LogP contribution in [0.4, 0.5) is 32.2 Å². The summed E-state index contributed by atoms with van der Waals surface area (Å²) in [6.07, 6.45) is -22.8. The van der Waals surface area contributed by atoms with Crippen molar-refractivity contribution in [2.75, 3.05) is 45.1 Å². The van der Waals surface area contributed by atoms with E-state index in [-0.39, 0.29) is 37.1 Å². The molecule has 8 atom stereocenters. The zero-order valence-corrected chi connectivity index (χ0v) is 38.2. The number of aromatic amines is 1. The molecule has 0 aliphatic carbocycles. The first-order valence-corrected chi connectivity index (χ1v) is 21.6. The number of carbonyl (C=O) groups excluding carboxylic acids is 3. The SMILES string of the molecule is CCn1c(CNC(=O)c2nc3cn[nH]c3nc2N)[n+](CC)c2ccc(C(=O)N3CCC(N(CC(O)C(O)C(O)C(O)CO)CC(O)C(O)C(O)C(O)CO)CC3)cc21.O=C(O)C(F)(F)F.O=C([O-])C(F)(F)F. The van der Waals surface area contributed by atoms with Gasteiger partial charge in [0.1, 0.15) is 54.7 Å². The number of hydrogen-bond acceptors (Lipinski definition) is 20. The van der Waals surface area contributed by atoms with E-state index in [0.29, 0.717) is 42.7 Å². The van der Waals surface area contributed by atoms with Crippen molar-refractivity contribution in [3.63, 3.8) is 0 Å². The van der Waals surface area contributed by atoms with Crippen LogP contribution in [0.5, 0.6) is 0 Å². The van der Waals surface area contributed by atoms with E-state index in [1.807, 2.05) is 29.0 Å². The normalized spacial score (nSPS) is 16.9. The first-order chi connectivity index (χ1) is 33.5. The van der Waals surface area contributed by atoms with Crippen LogP contribution in [-0.2, 0) is 29.2 Å². The van der Waals surface area contributed by atoms with E-state index in [0.717, 1.165) is 16.9 Å². The maximum atomic E-state index is 13.9. The van der Waals surface area contributed by atoms with Crippen molar-refractivity contribution in [3.8, 4) is 0 Å². The molecular weight excluding hydrogens is 990 g/mol. The maximum absolute atomic E-state index is 13.9. The summed E-state index contributed by atoms with van der Waals surface area (Å²) in [5, 5.41) is 126. The number of carboxylic acid groups (broad SMARTS) is 2. The third-order valence-corrected chi connectivity index (χ3v) is 11.2. The smallest absolute Gasteiger partial charge is 0.490 e. The number of nitrogens with one attached hydrogen (secondary N) is 2. The Morgan fingerprint density at radius 3 is 1.81 bits per heavy atom. The molecule has 8 unspecified atom stereocenters. The van der Waals surface area contributed by atoms with Gasteiger partial charge in [0, 0.05) is 43.9 Å². The van der Waals surface area contributed by atoms with Crippen LogP contribution in [0.2, 0.25) is 0 Å². The number of nitrogens with two attached hydrogens (primary N) is 1. The molecule has 4 heterocycles. The fourth-order valence-electron chi connectivity index (χ4n) is 7.43. The highest BCUT2D eigenvalue weighted by molar-refractivity contribution is 5.98. The molecular formula is C40H56F6N10O16. The number of H-pyrrole nitrogens is 1. The molecule has 2 amide bonds. The lowest BCUT2D eigenvalue weighted by Crippen LogP contribution is -2.56. The minimum Gasteiger partial charge on any atom is -0.542 e. The molecule has 1 aromatic carbocycles. The highest BCUT2D eigenvalue weighted by Gasteiger charge is 2.39. The number of amides is 2. The number of carbonyl (C=O) groups is 4. The van der Waals surface area contributed by atoms with Crippen molar-refractivity contribution in [1.82, 2.24) is 39.8 Å². The molecule has 72 heavy (non-hydrogen) atoms. The van der Waals surface area contributed by atoms with Crippen molar-refractivity contribution in [2.45, 2.75) is 114 Å². The predicted octanol–water partition coefficient (Wildman–Crippen LogP) is -5.14. The van der Waals surface area contributed by atoms with E-state index >= 15 is 0 Å². The quantitative estimate of drug-likeness (QED) is 0.0308. The van der Waals surface area contributed by atoms with Gasteiger partial charge in [0.05, 0.1) is 44.7 Å². The Kier molecular flexibility index (Phi) is 21.9. The number of hydrogen-bond donors (Lipinski definition) is 14. The molecule has 26 nitrogen and oxygen atoms in total. The summed E-state index contributed by atoms with van der Waals surface area (Å²) in [4.78, 5) is 56.4. The zero-order chi connectivity index (χ0) is 54.6. The van der Waals surface area contributed by atoms with Crippen molar-refractivity contribution in [3.05, 3.63) is 41.5 Å². The molecule has 32 heteroatoms.